The predicted octanol–water partition coefficient (Wildman–Crippen LogP) is 3.95. The number of methoxy groups -OCH3 is 1. The smallest absolute Gasteiger partial charge is 0.124 e. The van der Waals surface area contributed by atoms with Gasteiger partial charge in [-0.25, -0.2) is 4.39 Å². The van der Waals surface area contributed by atoms with Crippen molar-refractivity contribution in [1.82, 2.24) is 5.32 Å². The first-order chi connectivity index (χ1) is 10.0. The fourth-order valence-electron chi connectivity index (χ4n) is 2.79. The number of nitrogens with one attached hydrogen (secondary N) is 1. The Morgan fingerprint density at radius 1 is 1.14 bits per heavy atom. The van der Waals surface area contributed by atoms with Crippen LogP contribution in [0.2, 0.25) is 0 Å². The third kappa shape index (κ3) is 3.61. The number of likely N-dealkylation sites (N-methyl/N-ethyl adjacent to an activating group) is 1. The van der Waals surface area contributed by atoms with Gasteiger partial charge in [-0.05, 0) is 61.7 Å². The van der Waals surface area contributed by atoms with Gasteiger partial charge in [-0.15, -0.1) is 0 Å². The highest BCUT2D eigenvalue weighted by Crippen LogP contribution is 2.28. The Bertz CT molecular complexity index is 601. The number of ether oxygens (including phenoxy) is 1. The summed E-state index contributed by atoms with van der Waals surface area (Å²) < 4.78 is 18.7. The van der Waals surface area contributed by atoms with Crippen LogP contribution in [0.15, 0.2) is 36.4 Å². The van der Waals surface area contributed by atoms with Crippen LogP contribution in [0.1, 0.15) is 28.3 Å². The Kier molecular flexibility index (Phi) is 4.97. The maximum Gasteiger partial charge on any atom is 0.124 e. The van der Waals surface area contributed by atoms with Crippen LogP contribution in [-0.2, 0) is 6.42 Å². The minimum atomic E-state index is -0.190. The van der Waals surface area contributed by atoms with Crippen molar-refractivity contribution in [2.45, 2.75) is 26.3 Å². The SMILES string of the molecule is CNC(Cc1cccc(F)c1)c1cc(C)c(OC)c(C)c1. The summed E-state index contributed by atoms with van der Waals surface area (Å²) >= 11 is 0. The van der Waals surface area contributed by atoms with Crippen molar-refractivity contribution in [1.29, 1.82) is 0 Å². The maximum atomic E-state index is 13.3. The Morgan fingerprint density at radius 3 is 2.33 bits per heavy atom. The average molecular weight is 287 g/mol. The molecule has 3 heteroatoms. The molecule has 2 aromatic carbocycles. The molecule has 2 nitrogen and oxygen atoms in total. The lowest BCUT2D eigenvalue weighted by molar-refractivity contribution is 0.408. The fraction of sp³-hybridized carbons (Fsp3) is 0.333. The van der Waals surface area contributed by atoms with E-state index in [1.165, 1.54) is 11.6 Å². The molecule has 21 heavy (non-hydrogen) atoms. The minimum absolute atomic E-state index is 0.148. The summed E-state index contributed by atoms with van der Waals surface area (Å²) in [5.41, 5.74) is 4.41. The normalized spacial score (nSPS) is 12.2. The van der Waals surface area contributed by atoms with Crippen LogP contribution in [0.25, 0.3) is 0 Å². The van der Waals surface area contributed by atoms with Crippen LogP contribution < -0.4 is 10.1 Å². The molecular weight excluding hydrogens is 265 g/mol. The lowest BCUT2D eigenvalue weighted by Gasteiger charge is -2.20. The highest BCUT2D eigenvalue weighted by Gasteiger charge is 2.14. The molecule has 0 aliphatic rings. The molecule has 2 aromatic rings. The molecule has 0 aliphatic heterocycles. The zero-order valence-electron chi connectivity index (χ0n) is 13.0. The molecular formula is C18H22FNO. The second-order valence-corrected chi connectivity index (χ2v) is 5.36. The van der Waals surface area contributed by atoms with Crippen LogP contribution in [0.3, 0.4) is 0 Å². The van der Waals surface area contributed by atoms with Crippen molar-refractivity contribution in [2.75, 3.05) is 14.2 Å². The van der Waals surface area contributed by atoms with Crippen molar-refractivity contribution < 1.29 is 9.13 Å². The molecule has 0 aromatic heterocycles. The quantitative estimate of drug-likeness (QED) is 0.899. The van der Waals surface area contributed by atoms with E-state index in [2.05, 4.69) is 17.4 Å². The molecule has 0 saturated heterocycles. The predicted molar refractivity (Wildman–Crippen MR) is 84.4 cm³/mol. The summed E-state index contributed by atoms with van der Waals surface area (Å²) in [6.07, 6.45) is 0.749. The molecule has 1 N–H and O–H groups in total. The van der Waals surface area contributed by atoms with Gasteiger partial charge < -0.3 is 10.1 Å². The van der Waals surface area contributed by atoms with Gasteiger partial charge >= 0.3 is 0 Å². The van der Waals surface area contributed by atoms with Gasteiger partial charge in [-0.1, -0.05) is 24.3 Å². The number of benzene rings is 2. The monoisotopic (exact) mass is 287 g/mol. The standard InChI is InChI=1S/C18H22FNO/c1-12-8-15(9-13(2)18(12)21-4)17(20-3)11-14-6-5-7-16(19)10-14/h5-10,17,20H,11H2,1-4H3. The lowest BCUT2D eigenvalue weighted by atomic mass is 9.95. The second kappa shape index (κ2) is 6.72. The highest BCUT2D eigenvalue weighted by molar-refractivity contribution is 5.44. The Morgan fingerprint density at radius 2 is 1.81 bits per heavy atom. The number of hydrogen-bond acceptors (Lipinski definition) is 2. The van der Waals surface area contributed by atoms with Crippen molar-refractivity contribution >= 4 is 0 Å². The van der Waals surface area contributed by atoms with Gasteiger partial charge in [0.2, 0.25) is 0 Å². The van der Waals surface area contributed by atoms with Crippen molar-refractivity contribution in [3.05, 3.63) is 64.5 Å². The first-order valence-electron chi connectivity index (χ1n) is 7.12. The van der Waals surface area contributed by atoms with Gasteiger partial charge in [0.25, 0.3) is 0 Å². The number of aryl methyl sites for hydroxylation is 2. The van der Waals surface area contributed by atoms with E-state index >= 15 is 0 Å². The molecule has 0 saturated carbocycles. The summed E-state index contributed by atoms with van der Waals surface area (Å²) in [7, 11) is 3.62. The van der Waals surface area contributed by atoms with E-state index in [-0.39, 0.29) is 11.9 Å². The third-order valence-electron chi connectivity index (χ3n) is 3.77. The van der Waals surface area contributed by atoms with Gasteiger partial charge in [0.15, 0.2) is 0 Å². The van der Waals surface area contributed by atoms with Gasteiger partial charge in [-0.2, -0.15) is 0 Å². The molecule has 2 rings (SSSR count). The van der Waals surface area contributed by atoms with E-state index in [1.807, 2.05) is 27.0 Å². The number of rotatable bonds is 5. The van der Waals surface area contributed by atoms with E-state index in [4.69, 9.17) is 4.74 Å². The van der Waals surface area contributed by atoms with Crippen LogP contribution in [0.4, 0.5) is 4.39 Å². The van der Waals surface area contributed by atoms with Gasteiger partial charge in [0.05, 0.1) is 7.11 Å². The molecule has 0 amide bonds. The fourth-order valence-corrected chi connectivity index (χ4v) is 2.79. The summed E-state index contributed by atoms with van der Waals surface area (Å²) in [4.78, 5) is 0. The van der Waals surface area contributed by atoms with Gasteiger partial charge in [0, 0.05) is 6.04 Å². The third-order valence-corrected chi connectivity index (χ3v) is 3.77. The maximum absolute atomic E-state index is 13.3. The zero-order valence-corrected chi connectivity index (χ0v) is 13.0. The molecule has 0 fully saturated rings. The van der Waals surface area contributed by atoms with Crippen molar-refractivity contribution in [3.8, 4) is 5.75 Å². The van der Waals surface area contributed by atoms with E-state index in [9.17, 15) is 4.39 Å². The molecule has 0 radical (unpaired) electrons. The van der Waals surface area contributed by atoms with E-state index in [0.29, 0.717) is 0 Å². The van der Waals surface area contributed by atoms with Crippen LogP contribution in [0, 0.1) is 19.7 Å². The molecule has 0 spiro atoms. The molecule has 0 heterocycles. The Balaban J connectivity index is 2.29. The topological polar surface area (TPSA) is 21.3 Å². The lowest BCUT2D eigenvalue weighted by Crippen LogP contribution is -2.19. The van der Waals surface area contributed by atoms with Crippen LogP contribution in [-0.4, -0.2) is 14.2 Å². The minimum Gasteiger partial charge on any atom is -0.496 e. The van der Waals surface area contributed by atoms with E-state index in [0.717, 1.165) is 28.9 Å². The summed E-state index contributed by atoms with van der Waals surface area (Å²) in [5, 5.41) is 3.31. The van der Waals surface area contributed by atoms with Crippen molar-refractivity contribution in [3.63, 3.8) is 0 Å². The molecule has 0 aliphatic carbocycles. The van der Waals surface area contributed by atoms with Crippen molar-refractivity contribution in [2.24, 2.45) is 0 Å². The molecule has 112 valence electrons. The van der Waals surface area contributed by atoms with E-state index < -0.39 is 0 Å². The molecule has 0 bridgehead atoms. The van der Waals surface area contributed by atoms with E-state index in [1.54, 1.807) is 19.2 Å². The number of hydrogen-bond donors (Lipinski definition) is 1. The summed E-state index contributed by atoms with van der Waals surface area (Å²) in [6.45, 7) is 4.09. The largest absolute Gasteiger partial charge is 0.496 e. The molecule has 1 unspecified atom stereocenters. The summed E-state index contributed by atoms with van der Waals surface area (Å²) in [5.74, 6) is 0.740. The Hall–Kier alpha value is -1.87. The van der Waals surface area contributed by atoms with Crippen LogP contribution >= 0.6 is 0 Å². The van der Waals surface area contributed by atoms with Gasteiger partial charge in [0.1, 0.15) is 11.6 Å². The van der Waals surface area contributed by atoms with Crippen LogP contribution in [0.5, 0.6) is 5.75 Å². The summed E-state index contributed by atoms with van der Waals surface area (Å²) in [6, 6.07) is 11.2. The average Bonchev–Trinajstić information content (AvgIpc) is 2.44. The first kappa shape index (κ1) is 15.5. The first-order valence-corrected chi connectivity index (χ1v) is 7.12. The van der Waals surface area contributed by atoms with Gasteiger partial charge in [-0.3, -0.25) is 0 Å². The zero-order chi connectivity index (χ0) is 15.4. The Labute approximate surface area is 126 Å². The molecule has 1 atom stereocenters. The highest BCUT2D eigenvalue weighted by atomic mass is 19.1. The number of halogens is 1. The second-order valence-electron chi connectivity index (χ2n) is 5.36.